The first-order valence-electron chi connectivity index (χ1n) is 5.96. The first kappa shape index (κ1) is 12.0. The minimum Gasteiger partial charge on any atom is -0.490 e. The molecule has 0 aliphatic carbocycles. The lowest BCUT2D eigenvalue weighted by molar-refractivity contribution is 0.129. The maximum atomic E-state index is 5.63. The standard InChI is InChI=1S/C13H19NO3/c1-10(15-2)9-14-11-4-5-12-13(8-11)17-7-3-6-16-12/h4-5,8,10,14H,3,6-7,9H2,1-2H3. The molecule has 94 valence electrons. The fourth-order valence-corrected chi connectivity index (χ4v) is 1.62. The molecule has 1 aliphatic rings. The summed E-state index contributed by atoms with van der Waals surface area (Å²) in [6, 6.07) is 5.92. The van der Waals surface area contributed by atoms with E-state index in [0.29, 0.717) is 6.61 Å². The topological polar surface area (TPSA) is 39.7 Å². The summed E-state index contributed by atoms with van der Waals surface area (Å²) in [7, 11) is 1.71. The maximum Gasteiger partial charge on any atom is 0.163 e. The van der Waals surface area contributed by atoms with Crippen LogP contribution in [-0.2, 0) is 4.74 Å². The Labute approximate surface area is 102 Å². The van der Waals surface area contributed by atoms with Crippen molar-refractivity contribution < 1.29 is 14.2 Å². The number of anilines is 1. The van der Waals surface area contributed by atoms with Gasteiger partial charge in [-0.05, 0) is 19.1 Å². The second-order valence-corrected chi connectivity index (χ2v) is 4.14. The van der Waals surface area contributed by atoms with Crippen LogP contribution in [-0.4, -0.2) is 33.0 Å². The van der Waals surface area contributed by atoms with Crippen molar-refractivity contribution in [3.8, 4) is 11.5 Å². The molecule has 1 N–H and O–H groups in total. The SMILES string of the molecule is COC(C)CNc1ccc2c(c1)OCCCO2. The first-order valence-corrected chi connectivity index (χ1v) is 5.96. The third-order valence-electron chi connectivity index (χ3n) is 2.74. The van der Waals surface area contributed by atoms with Gasteiger partial charge in [0.15, 0.2) is 11.5 Å². The average Bonchev–Trinajstić information content (AvgIpc) is 2.60. The van der Waals surface area contributed by atoms with Crippen molar-refractivity contribution in [2.24, 2.45) is 0 Å². The third-order valence-corrected chi connectivity index (χ3v) is 2.74. The largest absolute Gasteiger partial charge is 0.490 e. The number of rotatable bonds is 4. The predicted octanol–water partition coefficient (Wildman–Crippen LogP) is 2.29. The highest BCUT2D eigenvalue weighted by Crippen LogP contribution is 2.32. The minimum absolute atomic E-state index is 0.186. The number of fused-ring (bicyclic) bond motifs is 1. The molecule has 0 saturated heterocycles. The molecule has 17 heavy (non-hydrogen) atoms. The van der Waals surface area contributed by atoms with Crippen LogP contribution >= 0.6 is 0 Å². The Bertz CT molecular complexity index is 368. The molecule has 0 spiro atoms. The van der Waals surface area contributed by atoms with Gasteiger partial charge >= 0.3 is 0 Å². The number of nitrogens with one attached hydrogen (secondary N) is 1. The highest BCUT2D eigenvalue weighted by Gasteiger charge is 2.10. The van der Waals surface area contributed by atoms with Crippen molar-refractivity contribution in [3.05, 3.63) is 18.2 Å². The number of hydrogen-bond donors (Lipinski definition) is 1. The van der Waals surface area contributed by atoms with E-state index in [1.807, 2.05) is 25.1 Å². The summed E-state index contributed by atoms with van der Waals surface area (Å²) in [5.74, 6) is 1.64. The molecule has 2 rings (SSSR count). The second kappa shape index (κ2) is 5.77. The lowest BCUT2D eigenvalue weighted by atomic mass is 10.2. The van der Waals surface area contributed by atoms with E-state index in [1.54, 1.807) is 7.11 Å². The average molecular weight is 237 g/mol. The zero-order chi connectivity index (χ0) is 12.1. The predicted molar refractivity (Wildman–Crippen MR) is 67.0 cm³/mol. The van der Waals surface area contributed by atoms with E-state index in [9.17, 15) is 0 Å². The molecule has 1 aromatic rings. The van der Waals surface area contributed by atoms with E-state index in [1.165, 1.54) is 0 Å². The number of ether oxygens (including phenoxy) is 3. The summed E-state index contributed by atoms with van der Waals surface area (Å²) in [6.07, 6.45) is 1.11. The van der Waals surface area contributed by atoms with Crippen LogP contribution in [0.25, 0.3) is 0 Å². The minimum atomic E-state index is 0.186. The summed E-state index contributed by atoms with van der Waals surface area (Å²) >= 11 is 0. The Morgan fingerprint density at radius 3 is 2.82 bits per heavy atom. The summed E-state index contributed by atoms with van der Waals surface area (Å²) in [5, 5.41) is 3.31. The van der Waals surface area contributed by atoms with Gasteiger partial charge < -0.3 is 19.5 Å². The molecule has 1 unspecified atom stereocenters. The van der Waals surface area contributed by atoms with Crippen LogP contribution in [0.5, 0.6) is 11.5 Å². The Balaban J connectivity index is 2.02. The molecule has 0 amide bonds. The fraction of sp³-hybridized carbons (Fsp3) is 0.538. The van der Waals surface area contributed by atoms with Crippen LogP contribution in [0.2, 0.25) is 0 Å². The Morgan fingerprint density at radius 1 is 1.29 bits per heavy atom. The van der Waals surface area contributed by atoms with E-state index in [2.05, 4.69) is 5.32 Å². The second-order valence-electron chi connectivity index (χ2n) is 4.14. The summed E-state index contributed by atoms with van der Waals surface area (Å²) < 4.78 is 16.4. The Morgan fingerprint density at radius 2 is 2.06 bits per heavy atom. The molecule has 1 aromatic carbocycles. The zero-order valence-electron chi connectivity index (χ0n) is 10.4. The molecule has 4 heteroatoms. The molecule has 4 nitrogen and oxygen atoms in total. The summed E-state index contributed by atoms with van der Waals surface area (Å²) in [6.45, 7) is 4.23. The smallest absolute Gasteiger partial charge is 0.163 e. The number of benzene rings is 1. The van der Waals surface area contributed by atoms with Crippen molar-refractivity contribution in [2.45, 2.75) is 19.4 Å². The van der Waals surface area contributed by atoms with E-state index in [0.717, 1.165) is 36.8 Å². The third kappa shape index (κ3) is 3.27. The van der Waals surface area contributed by atoms with Crippen molar-refractivity contribution in [1.29, 1.82) is 0 Å². The highest BCUT2D eigenvalue weighted by atomic mass is 16.5. The number of methoxy groups -OCH3 is 1. The quantitative estimate of drug-likeness (QED) is 0.872. The van der Waals surface area contributed by atoms with Gasteiger partial charge in [-0.2, -0.15) is 0 Å². The lowest BCUT2D eigenvalue weighted by Crippen LogP contribution is -2.18. The number of hydrogen-bond acceptors (Lipinski definition) is 4. The molecule has 0 fully saturated rings. The molecule has 0 bridgehead atoms. The zero-order valence-corrected chi connectivity index (χ0v) is 10.4. The van der Waals surface area contributed by atoms with Gasteiger partial charge in [0.25, 0.3) is 0 Å². The van der Waals surface area contributed by atoms with Gasteiger partial charge in [-0.15, -0.1) is 0 Å². The van der Waals surface area contributed by atoms with Crippen LogP contribution in [0, 0.1) is 0 Å². The van der Waals surface area contributed by atoms with Crippen LogP contribution in [0.4, 0.5) is 5.69 Å². The Kier molecular flexibility index (Phi) is 4.09. The normalized spacial score (nSPS) is 16.1. The monoisotopic (exact) mass is 237 g/mol. The molecule has 0 saturated carbocycles. The molecule has 1 atom stereocenters. The molecule has 1 aliphatic heterocycles. The Hall–Kier alpha value is -1.42. The first-order chi connectivity index (χ1) is 8.29. The van der Waals surface area contributed by atoms with E-state index in [-0.39, 0.29) is 6.10 Å². The summed E-state index contributed by atoms with van der Waals surface area (Å²) in [4.78, 5) is 0. The van der Waals surface area contributed by atoms with Gasteiger partial charge in [0.2, 0.25) is 0 Å². The van der Waals surface area contributed by atoms with E-state index < -0.39 is 0 Å². The fourth-order valence-electron chi connectivity index (χ4n) is 1.62. The van der Waals surface area contributed by atoms with Gasteiger partial charge in [0, 0.05) is 31.8 Å². The van der Waals surface area contributed by atoms with Gasteiger partial charge in [0.1, 0.15) is 0 Å². The molecule has 1 heterocycles. The van der Waals surface area contributed by atoms with Crippen LogP contribution < -0.4 is 14.8 Å². The molecular weight excluding hydrogens is 218 g/mol. The maximum absolute atomic E-state index is 5.63. The van der Waals surface area contributed by atoms with Crippen LogP contribution in [0.15, 0.2) is 18.2 Å². The molecule has 0 aromatic heterocycles. The highest BCUT2D eigenvalue weighted by molar-refractivity contribution is 5.55. The van der Waals surface area contributed by atoms with Gasteiger partial charge in [-0.25, -0.2) is 0 Å². The molecule has 0 radical (unpaired) electrons. The van der Waals surface area contributed by atoms with E-state index in [4.69, 9.17) is 14.2 Å². The van der Waals surface area contributed by atoms with Crippen LogP contribution in [0.1, 0.15) is 13.3 Å². The van der Waals surface area contributed by atoms with Crippen molar-refractivity contribution in [1.82, 2.24) is 0 Å². The van der Waals surface area contributed by atoms with Crippen molar-refractivity contribution >= 4 is 5.69 Å². The van der Waals surface area contributed by atoms with Crippen LogP contribution in [0.3, 0.4) is 0 Å². The van der Waals surface area contributed by atoms with E-state index >= 15 is 0 Å². The summed E-state index contributed by atoms with van der Waals surface area (Å²) in [5.41, 5.74) is 1.03. The van der Waals surface area contributed by atoms with Gasteiger partial charge in [-0.3, -0.25) is 0 Å². The van der Waals surface area contributed by atoms with Gasteiger partial charge in [0.05, 0.1) is 19.3 Å². The van der Waals surface area contributed by atoms with Crippen molar-refractivity contribution in [3.63, 3.8) is 0 Å². The van der Waals surface area contributed by atoms with Gasteiger partial charge in [-0.1, -0.05) is 0 Å². The van der Waals surface area contributed by atoms with Crippen molar-refractivity contribution in [2.75, 3.05) is 32.2 Å². The molecular formula is C13H19NO3. The lowest BCUT2D eigenvalue weighted by Gasteiger charge is -2.13.